The number of aromatic nitrogens is 1. The van der Waals surface area contributed by atoms with Crippen molar-refractivity contribution in [3.8, 4) is 22.5 Å². The Labute approximate surface area is 134 Å². The zero-order chi connectivity index (χ0) is 16.7. The minimum Gasteiger partial charge on any atom is -0.461 e. The second-order valence-corrected chi connectivity index (χ2v) is 5.64. The largest absolute Gasteiger partial charge is 0.461 e. The van der Waals surface area contributed by atoms with E-state index in [1.165, 1.54) is 0 Å². The van der Waals surface area contributed by atoms with Crippen LogP contribution >= 0.6 is 11.3 Å². The number of aryl methyl sites for hydroxylation is 1. The topological polar surface area (TPSA) is 154 Å². The second-order valence-electron chi connectivity index (χ2n) is 4.67. The lowest BCUT2D eigenvalue weighted by atomic mass is 10.0. The molecular weight excluding hydrogens is 318 g/mol. The van der Waals surface area contributed by atoms with Gasteiger partial charge in [0.05, 0.1) is 16.6 Å². The maximum atomic E-state index is 11.0. The fourth-order valence-corrected chi connectivity index (χ4v) is 3.21. The molecule has 3 aromatic heterocycles. The van der Waals surface area contributed by atoms with Crippen molar-refractivity contribution in [3.63, 3.8) is 0 Å². The molecule has 8 nitrogen and oxygen atoms in total. The minimum absolute atomic E-state index is 0.0379. The summed E-state index contributed by atoms with van der Waals surface area (Å²) in [5.41, 5.74) is 17.6. The van der Waals surface area contributed by atoms with Crippen LogP contribution in [0.25, 0.3) is 21.5 Å². The van der Waals surface area contributed by atoms with Crippen molar-refractivity contribution in [2.75, 3.05) is 11.5 Å². The van der Waals surface area contributed by atoms with Crippen LogP contribution in [0.1, 0.15) is 11.3 Å². The van der Waals surface area contributed by atoms with Gasteiger partial charge < -0.3 is 26.4 Å². The number of nitrogen functional groups attached to an aromatic ring is 2. The first-order valence-corrected chi connectivity index (χ1v) is 7.19. The van der Waals surface area contributed by atoms with Gasteiger partial charge in [-0.1, -0.05) is 11.3 Å². The van der Waals surface area contributed by atoms with E-state index in [9.17, 15) is 10.1 Å². The SMILES string of the molecule is Cc1ccc(-c2c(C#N)c(N)nc3sc(OC(N)=O)c(N)c23)o1. The minimum atomic E-state index is -0.993. The number of hydrogen-bond acceptors (Lipinski definition) is 8. The lowest BCUT2D eigenvalue weighted by Crippen LogP contribution is -2.16. The molecule has 9 heteroatoms. The number of anilines is 2. The van der Waals surface area contributed by atoms with Crippen LogP contribution in [0.4, 0.5) is 16.3 Å². The van der Waals surface area contributed by atoms with Crippen molar-refractivity contribution in [1.82, 2.24) is 4.98 Å². The van der Waals surface area contributed by atoms with E-state index in [-0.39, 0.29) is 22.1 Å². The third-order valence-corrected chi connectivity index (χ3v) is 4.14. The quantitative estimate of drug-likeness (QED) is 0.651. The first-order chi connectivity index (χ1) is 10.9. The van der Waals surface area contributed by atoms with Crippen molar-refractivity contribution >= 4 is 39.2 Å². The van der Waals surface area contributed by atoms with E-state index in [0.29, 0.717) is 27.3 Å². The molecule has 0 aliphatic rings. The van der Waals surface area contributed by atoms with Crippen LogP contribution in [0.2, 0.25) is 0 Å². The zero-order valence-corrected chi connectivity index (χ0v) is 12.7. The molecule has 0 aromatic carbocycles. The summed E-state index contributed by atoms with van der Waals surface area (Å²) in [5, 5.41) is 9.95. The maximum Gasteiger partial charge on any atom is 0.410 e. The number of hydrogen-bond donors (Lipinski definition) is 3. The van der Waals surface area contributed by atoms with Gasteiger partial charge in [-0.15, -0.1) is 0 Å². The number of nitriles is 1. The number of nitrogens with zero attached hydrogens (tertiary/aromatic N) is 2. The summed E-state index contributed by atoms with van der Waals surface area (Å²) in [5.74, 6) is 1.12. The van der Waals surface area contributed by atoms with E-state index in [1.807, 2.05) is 6.07 Å². The molecule has 0 unspecified atom stereocenters. The van der Waals surface area contributed by atoms with Crippen molar-refractivity contribution < 1.29 is 13.9 Å². The van der Waals surface area contributed by atoms with E-state index >= 15 is 0 Å². The van der Waals surface area contributed by atoms with Gasteiger partial charge in [-0.2, -0.15) is 5.26 Å². The highest BCUT2D eigenvalue weighted by molar-refractivity contribution is 7.21. The smallest absolute Gasteiger partial charge is 0.410 e. The van der Waals surface area contributed by atoms with Crippen LogP contribution in [0.5, 0.6) is 5.06 Å². The van der Waals surface area contributed by atoms with Crippen molar-refractivity contribution in [3.05, 3.63) is 23.5 Å². The number of rotatable bonds is 2. The van der Waals surface area contributed by atoms with E-state index < -0.39 is 6.09 Å². The van der Waals surface area contributed by atoms with Crippen LogP contribution in [0.3, 0.4) is 0 Å². The standard InChI is InChI=1S/C14H11N5O3S/c1-5-2-3-7(21-5)8-6(4-15)11(17)19-12-9(8)10(16)13(23-12)22-14(18)20/h2-3H,16H2,1H3,(H2,17,19)(H2,18,20). The van der Waals surface area contributed by atoms with Gasteiger partial charge in [-0.25, -0.2) is 9.78 Å². The molecule has 6 N–H and O–H groups in total. The van der Waals surface area contributed by atoms with Gasteiger partial charge in [0, 0.05) is 0 Å². The van der Waals surface area contributed by atoms with Crippen LogP contribution in [-0.4, -0.2) is 11.1 Å². The first kappa shape index (κ1) is 14.7. The maximum absolute atomic E-state index is 11.0. The van der Waals surface area contributed by atoms with E-state index in [4.69, 9.17) is 26.4 Å². The second kappa shape index (κ2) is 5.19. The van der Waals surface area contributed by atoms with Crippen molar-refractivity contribution in [1.29, 1.82) is 5.26 Å². The number of carbonyl (C=O) groups is 1. The van der Waals surface area contributed by atoms with Gasteiger partial charge in [0.2, 0.25) is 5.06 Å². The molecular formula is C14H11N5O3S. The predicted octanol–water partition coefficient (Wildman–Crippen LogP) is 2.36. The highest BCUT2D eigenvalue weighted by Gasteiger charge is 2.24. The number of amides is 1. The van der Waals surface area contributed by atoms with Gasteiger partial charge in [0.15, 0.2) is 0 Å². The molecule has 1 amide bonds. The summed E-state index contributed by atoms with van der Waals surface area (Å²) in [6.07, 6.45) is -0.993. The number of carbonyl (C=O) groups excluding carboxylic acids is 1. The van der Waals surface area contributed by atoms with E-state index in [0.717, 1.165) is 11.3 Å². The van der Waals surface area contributed by atoms with Gasteiger partial charge in [-0.05, 0) is 19.1 Å². The Morgan fingerprint density at radius 2 is 2.17 bits per heavy atom. The molecule has 3 heterocycles. The lowest BCUT2D eigenvalue weighted by Gasteiger charge is -2.06. The molecule has 3 aromatic rings. The Kier molecular flexibility index (Phi) is 3.31. The third-order valence-electron chi connectivity index (χ3n) is 3.16. The zero-order valence-electron chi connectivity index (χ0n) is 11.9. The summed E-state index contributed by atoms with van der Waals surface area (Å²) in [6, 6.07) is 5.47. The van der Waals surface area contributed by atoms with Crippen LogP contribution in [-0.2, 0) is 0 Å². The molecule has 0 aliphatic carbocycles. The summed E-state index contributed by atoms with van der Waals surface area (Å²) in [4.78, 5) is 15.5. The molecule has 0 spiro atoms. The average molecular weight is 329 g/mol. The molecule has 0 saturated heterocycles. The van der Waals surface area contributed by atoms with Crippen molar-refractivity contribution in [2.24, 2.45) is 5.73 Å². The number of thiophene rings is 1. The lowest BCUT2D eigenvalue weighted by molar-refractivity contribution is 0.212. The Bertz CT molecular complexity index is 983. The number of furan rings is 1. The monoisotopic (exact) mass is 329 g/mol. The van der Waals surface area contributed by atoms with Crippen molar-refractivity contribution in [2.45, 2.75) is 6.92 Å². The Morgan fingerprint density at radius 3 is 2.74 bits per heavy atom. The molecule has 0 fully saturated rings. The normalized spacial score (nSPS) is 10.6. The average Bonchev–Trinajstić information content (AvgIpc) is 3.02. The Morgan fingerprint density at radius 1 is 1.43 bits per heavy atom. The molecule has 0 radical (unpaired) electrons. The fraction of sp³-hybridized carbons (Fsp3) is 0.0714. The molecule has 116 valence electrons. The molecule has 0 bridgehead atoms. The molecule has 0 saturated carbocycles. The van der Waals surface area contributed by atoms with Gasteiger partial charge in [0.25, 0.3) is 0 Å². The number of pyridine rings is 1. The third kappa shape index (κ3) is 2.31. The predicted molar refractivity (Wildman–Crippen MR) is 85.8 cm³/mol. The van der Waals surface area contributed by atoms with Gasteiger partial charge in [-0.3, -0.25) is 0 Å². The summed E-state index contributed by atoms with van der Waals surface area (Å²) >= 11 is 1.01. The van der Waals surface area contributed by atoms with E-state index in [1.54, 1.807) is 19.1 Å². The molecule has 23 heavy (non-hydrogen) atoms. The summed E-state index contributed by atoms with van der Waals surface area (Å²) in [7, 11) is 0. The van der Waals surface area contributed by atoms with Gasteiger partial charge in [0.1, 0.15) is 33.8 Å². The summed E-state index contributed by atoms with van der Waals surface area (Å²) < 4.78 is 10.5. The highest BCUT2D eigenvalue weighted by atomic mass is 32.1. The van der Waals surface area contributed by atoms with Crippen LogP contribution < -0.4 is 21.9 Å². The number of nitrogens with two attached hydrogens (primary N) is 3. The number of ether oxygens (including phenoxy) is 1. The van der Waals surface area contributed by atoms with E-state index in [2.05, 4.69) is 4.98 Å². The van der Waals surface area contributed by atoms with Gasteiger partial charge >= 0.3 is 6.09 Å². The fourth-order valence-electron chi connectivity index (χ4n) is 2.25. The number of primary amides is 1. The molecule has 3 rings (SSSR count). The van der Waals surface area contributed by atoms with Crippen LogP contribution in [0, 0.1) is 18.3 Å². The van der Waals surface area contributed by atoms with Crippen LogP contribution in [0.15, 0.2) is 16.5 Å². The number of fused-ring (bicyclic) bond motifs is 1. The first-order valence-electron chi connectivity index (χ1n) is 6.38. The molecule has 0 aliphatic heterocycles. The highest BCUT2D eigenvalue weighted by Crippen LogP contribution is 2.46. The Hall–Kier alpha value is -3.25. The summed E-state index contributed by atoms with van der Waals surface area (Å²) in [6.45, 7) is 1.77. The Balaban J connectivity index is 2.41. The molecule has 0 atom stereocenters.